The lowest BCUT2D eigenvalue weighted by Gasteiger charge is -2.21. The summed E-state index contributed by atoms with van der Waals surface area (Å²) in [6.45, 7) is 3.83. The molecule has 1 aromatic carbocycles. The average molecular weight is 296 g/mol. The SMILES string of the molecule is CC(C)(CC(=O)CCCc1cccc([N+](=O)[O-])c1)NS. The molecule has 20 heavy (non-hydrogen) atoms. The predicted octanol–water partition coefficient (Wildman–Crippen LogP) is 3.09. The van der Waals surface area contributed by atoms with Gasteiger partial charge in [0.15, 0.2) is 0 Å². The third-order valence-corrected chi connectivity index (χ3v) is 3.59. The number of Topliss-reactive ketones (excluding diaryl/α,β-unsaturated/α-hetero) is 1. The molecule has 0 aliphatic heterocycles. The average Bonchev–Trinajstić information content (AvgIpc) is 2.38. The molecule has 0 saturated carbocycles. The van der Waals surface area contributed by atoms with Gasteiger partial charge in [0.2, 0.25) is 0 Å². The minimum Gasteiger partial charge on any atom is -0.300 e. The number of nitrogens with zero attached hydrogens (tertiary/aromatic N) is 1. The molecular formula is C14H20N2O3S. The Hall–Kier alpha value is -1.40. The van der Waals surface area contributed by atoms with Crippen molar-refractivity contribution >= 4 is 24.3 Å². The molecule has 0 spiro atoms. The molecule has 1 N–H and O–H groups in total. The zero-order valence-corrected chi connectivity index (χ0v) is 12.7. The van der Waals surface area contributed by atoms with Gasteiger partial charge in [-0.3, -0.25) is 19.6 Å². The summed E-state index contributed by atoms with van der Waals surface area (Å²) in [6.07, 6.45) is 2.26. The van der Waals surface area contributed by atoms with E-state index in [-0.39, 0.29) is 17.0 Å². The van der Waals surface area contributed by atoms with E-state index in [4.69, 9.17) is 0 Å². The fourth-order valence-corrected chi connectivity index (χ4v) is 2.02. The normalized spacial score (nSPS) is 11.3. The number of carbonyl (C=O) groups excluding carboxylic acids is 1. The number of thiol groups is 1. The number of hydrogen-bond acceptors (Lipinski definition) is 5. The van der Waals surface area contributed by atoms with Gasteiger partial charge in [0.25, 0.3) is 5.69 Å². The molecule has 0 atom stereocenters. The van der Waals surface area contributed by atoms with E-state index in [2.05, 4.69) is 17.5 Å². The summed E-state index contributed by atoms with van der Waals surface area (Å²) in [5.41, 5.74) is 0.666. The van der Waals surface area contributed by atoms with Crippen LogP contribution in [-0.2, 0) is 11.2 Å². The summed E-state index contributed by atoms with van der Waals surface area (Å²) in [4.78, 5) is 22.1. The second-order valence-corrected chi connectivity index (χ2v) is 5.72. The summed E-state index contributed by atoms with van der Waals surface area (Å²) in [7, 11) is 0. The number of carbonyl (C=O) groups is 1. The lowest BCUT2D eigenvalue weighted by molar-refractivity contribution is -0.384. The maximum Gasteiger partial charge on any atom is 0.269 e. The van der Waals surface area contributed by atoms with Crippen LogP contribution in [0.25, 0.3) is 0 Å². The van der Waals surface area contributed by atoms with Gasteiger partial charge in [-0.1, -0.05) is 24.9 Å². The topological polar surface area (TPSA) is 72.2 Å². The maximum atomic E-state index is 11.8. The monoisotopic (exact) mass is 296 g/mol. The van der Waals surface area contributed by atoms with Crippen LogP contribution in [0.3, 0.4) is 0 Å². The lowest BCUT2D eigenvalue weighted by Crippen LogP contribution is -2.35. The second-order valence-electron chi connectivity index (χ2n) is 5.49. The van der Waals surface area contributed by atoms with Crippen LogP contribution >= 0.6 is 12.8 Å². The van der Waals surface area contributed by atoms with Crippen molar-refractivity contribution in [2.24, 2.45) is 0 Å². The van der Waals surface area contributed by atoms with Gasteiger partial charge in [0.1, 0.15) is 5.78 Å². The van der Waals surface area contributed by atoms with Crippen LogP contribution in [0.1, 0.15) is 38.7 Å². The fourth-order valence-electron chi connectivity index (χ4n) is 1.94. The summed E-state index contributed by atoms with van der Waals surface area (Å²) in [6, 6.07) is 6.54. The molecule has 0 aliphatic rings. The van der Waals surface area contributed by atoms with Crippen molar-refractivity contribution < 1.29 is 9.72 Å². The van der Waals surface area contributed by atoms with Crippen LogP contribution in [-0.4, -0.2) is 16.2 Å². The highest BCUT2D eigenvalue weighted by Crippen LogP contribution is 2.16. The van der Waals surface area contributed by atoms with Gasteiger partial charge in [-0.25, -0.2) is 0 Å². The maximum absolute atomic E-state index is 11.8. The first-order valence-corrected chi connectivity index (χ1v) is 6.95. The van der Waals surface area contributed by atoms with Gasteiger partial charge >= 0.3 is 0 Å². The van der Waals surface area contributed by atoms with Crippen molar-refractivity contribution in [1.29, 1.82) is 0 Å². The molecule has 0 aromatic heterocycles. The van der Waals surface area contributed by atoms with Crippen LogP contribution in [0.15, 0.2) is 24.3 Å². The van der Waals surface area contributed by atoms with E-state index in [1.165, 1.54) is 6.07 Å². The minimum absolute atomic E-state index is 0.0919. The van der Waals surface area contributed by atoms with Crippen molar-refractivity contribution in [3.8, 4) is 0 Å². The van der Waals surface area contributed by atoms with Crippen molar-refractivity contribution in [3.05, 3.63) is 39.9 Å². The number of rotatable bonds is 8. The molecule has 6 heteroatoms. The second kappa shape index (κ2) is 7.40. The zero-order chi connectivity index (χ0) is 15.2. The van der Waals surface area contributed by atoms with E-state index in [9.17, 15) is 14.9 Å². The predicted molar refractivity (Wildman–Crippen MR) is 81.9 cm³/mol. The van der Waals surface area contributed by atoms with Crippen molar-refractivity contribution in [2.45, 2.75) is 45.1 Å². The van der Waals surface area contributed by atoms with Gasteiger partial charge in [0, 0.05) is 30.5 Å². The molecule has 0 heterocycles. The Bertz CT molecular complexity index is 489. The van der Waals surface area contributed by atoms with E-state index >= 15 is 0 Å². The first-order valence-electron chi connectivity index (χ1n) is 6.50. The van der Waals surface area contributed by atoms with E-state index in [0.29, 0.717) is 25.7 Å². The van der Waals surface area contributed by atoms with Gasteiger partial charge < -0.3 is 0 Å². The largest absolute Gasteiger partial charge is 0.300 e. The Morgan fingerprint density at radius 1 is 1.45 bits per heavy atom. The third kappa shape index (κ3) is 5.71. The number of nitro benzene ring substituents is 1. The van der Waals surface area contributed by atoms with Gasteiger partial charge in [-0.2, -0.15) is 0 Å². The first-order chi connectivity index (χ1) is 9.34. The zero-order valence-electron chi connectivity index (χ0n) is 11.8. The van der Waals surface area contributed by atoms with E-state index in [0.717, 1.165) is 5.56 Å². The van der Waals surface area contributed by atoms with Crippen molar-refractivity contribution in [1.82, 2.24) is 4.72 Å². The Kier molecular flexibility index (Phi) is 6.16. The van der Waals surface area contributed by atoms with Crippen LogP contribution < -0.4 is 4.72 Å². The summed E-state index contributed by atoms with van der Waals surface area (Å²) in [5, 5.41) is 10.7. The number of ketones is 1. The van der Waals surface area contributed by atoms with Gasteiger partial charge in [0.05, 0.1) is 4.92 Å². The van der Waals surface area contributed by atoms with Crippen LogP contribution in [0.4, 0.5) is 5.69 Å². The van der Waals surface area contributed by atoms with E-state index in [1.807, 2.05) is 19.9 Å². The molecule has 0 unspecified atom stereocenters. The van der Waals surface area contributed by atoms with E-state index in [1.54, 1.807) is 12.1 Å². The molecule has 1 aromatic rings. The molecule has 0 amide bonds. The fraction of sp³-hybridized carbons (Fsp3) is 0.500. The highest BCUT2D eigenvalue weighted by atomic mass is 32.1. The third-order valence-electron chi connectivity index (χ3n) is 2.98. The highest BCUT2D eigenvalue weighted by molar-refractivity contribution is 7.78. The molecule has 5 nitrogen and oxygen atoms in total. The molecule has 0 aliphatic carbocycles. The lowest BCUT2D eigenvalue weighted by atomic mass is 9.96. The van der Waals surface area contributed by atoms with Gasteiger partial charge in [-0.15, -0.1) is 0 Å². The summed E-state index contributed by atoms with van der Waals surface area (Å²) < 4.78 is 2.80. The molecule has 0 radical (unpaired) electrons. The highest BCUT2D eigenvalue weighted by Gasteiger charge is 2.19. The standard InChI is InChI=1S/C14H20N2O3S/c1-14(2,15-20)10-13(17)8-4-6-11-5-3-7-12(9-11)16(18)19/h3,5,7,9,15,20H,4,6,8,10H2,1-2H3. The van der Waals surface area contributed by atoms with Gasteiger partial charge in [-0.05, 0) is 32.3 Å². The summed E-state index contributed by atoms with van der Waals surface area (Å²) >= 11 is 3.99. The van der Waals surface area contributed by atoms with E-state index < -0.39 is 4.92 Å². The number of hydrogen-bond donors (Lipinski definition) is 2. The minimum atomic E-state index is -0.407. The molecule has 0 bridgehead atoms. The quantitative estimate of drug-likeness (QED) is 0.439. The molecule has 0 fully saturated rings. The number of nitrogens with one attached hydrogen (secondary N) is 1. The number of aryl methyl sites for hydroxylation is 1. The van der Waals surface area contributed by atoms with Crippen LogP contribution in [0.5, 0.6) is 0 Å². The number of benzene rings is 1. The van der Waals surface area contributed by atoms with Crippen molar-refractivity contribution in [2.75, 3.05) is 0 Å². The molecule has 110 valence electrons. The first kappa shape index (κ1) is 16.7. The molecule has 0 saturated heterocycles. The van der Waals surface area contributed by atoms with Crippen LogP contribution in [0.2, 0.25) is 0 Å². The Balaban J connectivity index is 2.43. The Morgan fingerprint density at radius 2 is 2.15 bits per heavy atom. The number of nitro groups is 1. The summed E-state index contributed by atoms with van der Waals surface area (Å²) in [5.74, 6) is 0.169. The smallest absolute Gasteiger partial charge is 0.269 e. The Morgan fingerprint density at radius 3 is 2.75 bits per heavy atom. The van der Waals surface area contributed by atoms with Crippen LogP contribution in [0, 0.1) is 10.1 Å². The van der Waals surface area contributed by atoms with Crippen molar-refractivity contribution in [3.63, 3.8) is 0 Å². The molecular weight excluding hydrogens is 276 g/mol. The Labute approximate surface area is 124 Å². The number of non-ortho nitro benzene ring substituents is 1. The molecule has 1 rings (SSSR count).